The van der Waals surface area contributed by atoms with Crippen LogP contribution in [0.25, 0.3) is 0 Å². The molecular formula is C15H21NO. The third-order valence-corrected chi connectivity index (χ3v) is 3.58. The fourth-order valence-corrected chi connectivity index (χ4v) is 2.15. The highest BCUT2D eigenvalue weighted by Gasteiger charge is 2.30. The van der Waals surface area contributed by atoms with Gasteiger partial charge in [-0.3, -0.25) is 4.79 Å². The molecule has 2 rings (SSSR count). The SMILES string of the molecule is CCC(C)C(C(=O)NC1CC1)c1ccccc1. The van der Waals surface area contributed by atoms with Crippen molar-refractivity contribution >= 4 is 5.91 Å². The molecule has 0 aromatic heterocycles. The van der Waals surface area contributed by atoms with E-state index in [0.29, 0.717) is 12.0 Å². The van der Waals surface area contributed by atoms with Crippen molar-refractivity contribution in [2.45, 2.75) is 45.1 Å². The van der Waals surface area contributed by atoms with Crippen LogP contribution in [0.4, 0.5) is 0 Å². The molecule has 0 bridgehead atoms. The molecule has 1 aromatic rings. The first-order valence-electron chi connectivity index (χ1n) is 6.57. The number of carbonyl (C=O) groups is 1. The molecule has 0 aliphatic heterocycles. The average Bonchev–Trinajstić information content (AvgIpc) is 3.14. The lowest BCUT2D eigenvalue weighted by molar-refractivity contribution is -0.123. The Bertz CT molecular complexity index is 370. The number of nitrogens with one attached hydrogen (secondary N) is 1. The van der Waals surface area contributed by atoms with Gasteiger partial charge in [0.2, 0.25) is 5.91 Å². The minimum absolute atomic E-state index is 0.00167. The van der Waals surface area contributed by atoms with Crippen molar-refractivity contribution in [1.29, 1.82) is 0 Å². The Hall–Kier alpha value is -1.31. The third kappa shape index (κ3) is 3.09. The number of hydrogen-bond donors (Lipinski definition) is 1. The Balaban J connectivity index is 2.15. The Morgan fingerprint density at radius 3 is 2.53 bits per heavy atom. The molecule has 2 atom stereocenters. The molecule has 2 unspecified atom stereocenters. The molecule has 92 valence electrons. The van der Waals surface area contributed by atoms with Gasteiger partial charge in [-0.15, -0.1) is 0 Å². The molecule has 1 aromatic carbocycles. The van der Waals surface area contributed by atoms with Crippen molar-refractivity contribution < 1.29 is 4.79 Å². The lowest BCUT2D eigenvalue weighted by atomic mass is 9.85. The molecule has 2 nitrogen and oxygen atoms in total. The summed E-state index contributed by atoms with van der Waals surface area (Å²) < 4.78 is 0. The van der Waals surface area contributed by atoms with E-state index in [9.17, 15) is 4.79 Å². The van der Waals surface area contributed by atoms with E-state index in [1.165, 1.54) is 0 Å². The van der Waals surface area contributed by atoms with E-state index in [2.05, 4.69) is 31.3 Å². The molecular weight excluding hydrogens is 210 g/mol. The number of hydrogen-bond acceptors (Lipinski definition) is 1. The van der Waals surface area contributed by atoms with E-state index in [1.54, 1.807) is 0 Å². The highest BCUT2D eigenvalue weighted by molar-refractivity contribution is 5.84. The van der Waals surface area contributed by atoms with E-state index >= 15 is 0 Å². The lowest BCUT2D eigenvalue weighted by Gasteiger charge is -2.22. The zero-order valence-electron chi connectivity index (χ0n) is 10.6. The van der Waals surface area contributed by atoms with Gasteiger partial charge >= 0.3 is 0 Å². The Morgan fingerprint density at radius 2 is 2.00 bits per heavy atom. The standard InChI is InChI=1S/C15H21NO/c1-3-11(2)14(12-7-5-4-6-8-12)15(17)16-13-9-10-13/h4-8,11,13-14H,3,9-10H2,1-2H3,(H,16,17). The van der Waals surface area contributed by atoms with Gasteiger partial charge < -0.3 is 5.32 Å². The van der Waals surface area contributed by atoms with Crippen LogP contribution in [0.1, 0.15) is 44.6 Å². The van der Waals surface area contributed by atoms with Crippen molar-refractivity contribution in [3.63, 3.8) is 0 Å². The smallest absolute Gasteiger partial charge is 0.228 e. The van der Waals surface area contributed by atoms with Gasteiger partial charge in [0.05, 0.1) is 5.92 Å². The molecule has 0 saturated heterocycles. The van der Waals surface area contributed by atoms with E-state index in [-0.39, 0.29) is 11.8 Å². The zero-order valence-corrected chi connectivity index (χ0v) is 10.6. The van der Waals surface area contributed by atoms with Crippen LogP contribution in [-0.4, -0.2) is 11.9 Å². The van der Waals surface area contributed by atoms with Gasteiger partial charge in [0.1, 0.15) is 0 Å². The summed E-state index contributed by atoms with van der Waals surface area (Å²) >= 11 is 0. The van der Waals surface area contributed by atoms with E-state index < -0.39 is 0 Å². The van der Waals surface area contributed by atoms with Crippen molar-refractivity contribution in [3.8, 4) is 0 Å². The summed E-state index contributed by atoms with van der Waals surface area (Å²) in [6.07, 6.45) is 3.32. The second-order valence-corrected chi connectivity index (χ2v) is 5.06. The van der Waals surface area contributed by atoms with Crippen LogP contribution in [0.5, 0.6) is 0 Å². The molecule has 0 radical (unpaired) electrons. The second kappa shape index (κ2) is 5.35. The van der Waals surface area contributed by atoms with Crippen LogP contribution in [0, 0.1) is 5.92 Å². The zero-order chi connectivity index (χ0) is 12.3. The monoisotopic (exact) mass is 231 g/mol. The summed E-state index contributed by atoms with van der Waals surface area (Å²) in [5.74, 6) is 0.589. The van der Waals surface area contributed by atoms with Crippen LogP contribution in [0.15, 0.2) is 30.3 Å². The maximum atomic E-state index is 12.3. The van der Waals surface area contributed by atoms with Crippen LogP contribution >= 0.6 is 0 Å². The quantitative estimate of drug-likeness (QED) is 0.829. The molecule has 1 amide bonds. The molecule has 0 spiro atoms. The predicted molar refractivity (Wildman–Crippen MR) is 69.8 cm³/mol. The summed E-state index contributed by atoms with van der Waals surface area (Å²) in [5.41, 5.74) is 1.14. The minimum Gasteiger partial charge on any atom is -0.353 e. The Labute approximate surface area is 103 Å². The van der Waals surface area contributed by atoms with Gasteiger partial charge in [0, 0.05) is 6.04 Å². The topological polar surface area (TPSA) is 29.1 Å². The molecule has 0 heterocycles. The summed E-state index contributed by atoms with van der Waals surface area (Å²) in [5, 5.41) is 3.13. The first kappa shape index (κ1) is 12.2. The van der Waals surface area contributed by atoms with Gasteiger partial charge in [-0.25, -0.2) is 0 Å². The third-order valence-electron chi connectivity index (χ3n) is 3.58. The van der Waals surface area contributed by atoms with Crippen LogP contribution in [0.2, 0.25) is 0 Å². The van der Waals surface area contributed by atoms with Crippen LogP contribution < -0.4 is 5.32 Å². The van der Waals surface area contributed by atoms with Gasteiger partial charge in [0.15, 0.2) is 0 Å². The van der Waals surface area contributed by atoms with Gasteiger partial charge in [-0.2, -0.15) is 0 Å². The Morgan fingerprint density at radius 1 is 1.35 bits per heavy atom. The summed E-state index contributed by atoms with van der Waals surface area (Å²) in [6, 6.07) is 10.6. The van der Waals surface area contributed by atoms with Gasteiger partial charge in [-0.1, -0.05) is 50.6 Å². The number of carbonyl (C=O) groups excluding carboxylic acids is 1. The molecule has 2 heteroatoms. The van der Waals surface area contributed by atoms with Crippen molar-refractivity contribution in [1.82, 2.24) is 5.32 Å². The summed E-state index contributed by atoms with van der Waals surface area (Å²) in [4.78, 5) is 12.3. The maximum absolute atomic E-state index is 12.3. The number of benzene rings is 1. The second-order valence-electron chi connectivity index (χ2n) is 5.06. The summed E-state index contributed by atoms with van der Waals surface area (Å²) in [6.45, 7) is 4.30. The predicted octanol–water partition coefficient (Wildman–Crippen LogP) is 3.09. The normalized spacial score (nSPS) is 18.5. The van der Waals surface area contributed by atoms with Crippen molar-refractivity contribution in [2.75, 3.05) is 0 Å². The minimum atomic E-state index is 0.00167. The van der Waals surface area contributed by atoms with Crippen molar-refractivity contribution in [3.05, 3.63) is 35.9 Å². The number of amides is 1. The Kier molecular flexibility index (Phi) is 3.82. The maximum Gasteiger partial charge on any atom is 0.228 e. The molecule has 1 aliphatic carbocycles. The molecule has 1 saturated carbocycles. The van der Waals surface area contributed by atoms with E-state index in [0.717, 1.165) is 24.8 Å². The fraction of sp³-hybridized carbons (Fsp3) is 0.533. The average molecular weight is 231 g/mol. The van der Waals surface area contributed by atoms with E-state index in [1.807, 2.05) is 18.2 Å². The molecule has 17 heavy (non-hydrogen) atoms. The molecule has 1 N–H and O–H groups in total. The first-order chi connectivity index (χ1) is 8.22. The fourth-order valence-electron chi connectivity index (χ4n) is 2.15. The van der Waals surface area contributed by atoms with Gasteiger partial charge in [-0.05, 0) is 24.3 Å². The van der Waals surface area contributed by atoms with Crippen LogP contribution in [-0.2, 0) is 4.79 Å². The largest absolute Gasteiger partial charge is 0.353 e. The van der Waals surface area contributed by atoms with Gasteiger partial charge in [0.25, 0.3) is 0 Å². The molecule has 1 aliphatic rings. The van der Waals surface area contributed by atoms with Crippen molar-refractivity contribution in [2.24, 2.45) is 5.92 Å². The lowest BCUT2D eigenvalue weighted by Crippen LogP contribution is -2.34. The first-order valence-corrected chi connectivity index (χ1v) is 6.57. The summed E-state index contributed by atoms with van der Waals surface area (Å²) in [7, 11) is 0. The highest BCUT2D eigenvalue weighted by atomic mass is 16.2. The van der Waals surface area contributed by atoms with Crippen LogP contribution in [0.3, 0.4) is 0 Å². The highest BCUT2D eigenvalue weighted by Crippen LogP contribution is 2.29. The molecule has 1 fully saturated rings. The number of rotatable bonds is 5. The van der Waals surface area contributed by atoms with E-state index in [4.69, 9.17) is 0 Å².